The molecule has 0 bridgehead atoms. The van der Waals surface area contributed by atoms with Gasteiger partial charge in [-0.15, -0.1) is 0 Å². The average Bonchev–Trinajstić information content (AvgIpc) is 3.25. The molecule has 0 fully saturated rings. The van der Waals surface area contributed by atoms with Gasteiger partial charge in [-0.2, -0.15) is 0 Å². The minimum Gasteiger partial charge on any atom is -0.480 e. The molecule has 4 amide bonds. The largest absolute Gasteiger partial charge is 0.480 e. The number of carbonyl (C=O) groups excluding carboxylic acids is 5. The van der Waals surface area contributed by atoms with Crippen molar-refractivity contribution < 1.29 is 52.8 Å². The first-order valence-corrected chi connectivity index (χ1v) is 20.5. The fraction of sp³-hybridized carbons (Fsp3) is 0.280. The summed E-state index contributed by atoms with van der Waals surface area (Å²) in [6.07, 6.45) is -0.959. The maximum Gasteiger partial charge on any atom is 0.418 e. The van der Waals surface area contributed by atoms with Gasteiger partial charge >= 0.3 is 36.1 Å². The molecule has 64 heavy (non-hydrogen) atoms. The van der Waals surface area contributed by atoms with E-state index in [0.717, 1.165) is 27.2 Å². The number of benzene rings is 5. The fourth-order valence-electron chi connectivity index (χ4n) is 5.72. The third-order valence-electron chi connectivity index (χ3n) is 8.68. The summed E-state index contributed by atoms with van der Waals surface area (Å²) in [6, 6.07) is 39.1. The summed E-state index contributed by atoms with van der Waals surface area (Å²) in [5, 5.41) is 14.1. The fourth-order valence-corrected chi connectivity index (χ4v) is 5.72. The number of carbonyl (C=O) groups is 6. The molecule has 14 heteroatoms. The quantitative estimate of drug-likeness (QED) is 0.0712. The van der Waals surface area contributed by atoms with Crippen LogP contribution in [-0.2, 0) is 49.8 Å². The number of ether oxygens (including phenoxy) is 4. The molecule has 0 aliphatic rings. The van der Waals surface area contributed by atoms with E-state index in [1.165, 1.54) is 18.2 Å². The smallest absolute Gasteiger partial charge is 0.418 e. The molecule has 5 aromatic rings. The van der Waals surface area contributed by atoms with Crippen molar-refractivity contribution in [3.63, 3.8) is 0 Å². The van der Waals surface area contributed by atoms with Crippen LogP contribution in [-0.4, -0.2) is 69.9 Å². The number of hydrogen-bond acceptors (Lipinski definition) is 10. The number of urea groups is 1. The lowest BCUT2D eigenvalue weighted by Crippen LogP contribution is -2.44. The number of hydrogen-bond donors (Lipinski definition) is 3. The lowest BCUT2D eigenvalue weighted by atomic mass is 10.1. The van der Waals surface area contributed by atoms with Crippen molar-refractivity contribution in [3.05, 3.63) is 173 Å². The molecule has 0 unspecified atom stereocenters. The lowest BCUT2D eigenvalue weighted by molar-refractivity contribution is -0.139. The van der Waals surface area contributed by atoms with Crippen molar-refractivity contribution in [1.29, 1.82) is 0 Å². The summed E-state index contributed by atoms with van der Waals surface area (Å²) in [7, 11) is 0. The van der Waals surface area contributed by atoms with E-state index in [-0.39, 0.29) is 43.0 Å². The first-order valence-electron chi connectivity index (χ1n) is 20.5. The van der Waals surface area contributed by atoms with E-state index in [2.05, 4.69) is 10.6 Å². The highest BCUT2D eigenvalue weighted by molar-refractivity contribution is 6.02. The minimum absolute atomic E-state index is 0.00988. The van der Waals surface area contributed by atoms with Gasteiger partial charge in [0.15, 0.2) is 0 Å². The molecule has 0 saturated heterocycles. The summed E-state index contributed by atoms with van der Waals surface area (Å²) >= 11 is 0. The van der Waals surface area contributed by atoms with Crippen LogP contribution in [0, 0.1) is 0 Å². The molecule has 0 aliphatic heterocycles. The predicted octanol–water partition coefficient (Wildman–Crippen LogP) is 9.62. The predicted molar refractivity (Wildman–Crippen MR) is 241 cm³/mol. The average molecular weight is 874 g/mol. The maximum absolute atomic E-state index is 13.5. The van der Waals surface area contributed by atoms with E-state index >= 15 is 0 Å². The molecule has 3 N–H and O–H groups in total. The van der Waals surface area contributed by atoms with Crippen LogP contribution in [0.25, 0.3) is 0 Å². The van der Waals surface area contributed by atoms with Crippen molar-refractivity contribution in [1.82, 2.24) is 10.2 Å². The van der Waals surface area contributed by atoms with E-state index in [4.69, 9.17) is 24.1 Å². The van der Waals surface area contributed by atoms with Crippen LogP contribution in [0.1, 0.15) is 84.5 Å². The molecule has 0 aliphatic carbocycles. The van der Waals surface area contributed by atoms with Crippen LogP contribution >= 0.6 is 0 Å². The third kappa shape index (κ3) is 17.9. The summed E-state index contributed by atoms with van der Waals surface area (Å²) in [5.74, 6) is -2.50. The van der Waals surface area contributed by atoms with Gasteiger partial charge in [0.1, 0.15) is 30.5 Å². The van der Waals surface area contributed by atoms with Crippen LogP contribution in [0.2, 0.25) is 0 Å². The molecule has 0 heterocycles. The van der Waals surface area contributed by atoms with E-state index in [1.807, 2.05) is 121 Å². The van der Waals surface area contributed by atoms with Crippen molar-refractivity contribution in [2.75, 3.05) is 11.9 Å². The van der Waals surface area contributed by atoms with Crippen molar-refractivity contribution in [2.24, 2.45) is 0 Å². The number of nitrogens with zero attached hydrogens (tertiary/aromatic N) is 1. The van der Waals surface area contributed by atoms with Gasteiger partial charge in [0.05, 0.1) is 11.1 Å². The maximum atomic E-state index is 13.5. The number of carboxylic acid groups (broad SMARTS) is 1. The minimum atomic E-state index is -1.09. The van der Waals surface area contributed by atoms with E-state index < -0.39 is 53.4 Å². The Balaban J connectivity index is 0.000000395. The number of carboxylic acids is 1. The van der Waals surface area contributed by atoms with Gasteiger partial charge < -0.3 is 34.7 Å². The number of esters is 2. The van der Waals surface area contributed by atoms with Crippen LogP contribution in [0.15, 0.2) is 140 Å². The number of anilines is 1. The Morgan fingerprint density at radius 1 is 0.578 bits per heavy atom. The zero-order valence-electron chi connectivity index (χ0n) is 36.9. The second-order valence-corrected chi connectivity index (χ2v) is 16.4. The number of amides is 4. The SMILES string of the molecule is CC(C)(C)OC(=O)N(CCc1ccccc1)C(=O)Nc1cc(C(=O)OCc2ccccc2)cc(C(=O)OCc2ccccc2)c1.CC(C)(C)OC(=O)N[C@@H](Cc1ccccc1)C(=O)O. The number of imide groups is 1. The molecule has 5 aromatic carbocycles. The number of rotatable bonds is 14. The Kier molecular flexibility index (Phi) is 18.2. The van der Waals surface area contributed by atoms with E-state index in [1.54, 1.807) is 41.5 Å². The van der Waals surface area contributed by atoms with Gasteiger partial charge in [-0.1, -0.05) is 121 Å². The highest BCUT2D eigenvalue weighted by atomic mass is 16.6. The Labute approximate surface area is 373 Å². The number of alkyl carbamates (subject to hydrolysis) is 1. The summed E-state index contributed by atoms with van der Waals surface area (Å²) in [5.41, 5.74) is 1.95. The Hall–Kier alpha value is -7.48. The monoisotopic (exact) mass is 873 g/mol. The van der Waals surface area contributed by atoms with Gasteiger partial charge in [0.2, 0.25) is 0 Å². The van der Waals surface area contributed by atoms with Gasteiger partial charge in [0, 0.05) is 18.7 Å². The second-order valence-electron chi connectivity index (χ2n) is 16.4. The standard InChI is InChI=1S/C36H36N2O7.C14H19NO4/c1-36(2,3)45-35(42)38(20-19-26-13-7-4-8-14-26)34(41)37-31-22-29(32(39)43-24-27-15-9-5-10-16-27)21-30(23-31)33(40)44-25-28-17-11-6-12-18-28;1-14(2,3)19-13(18)15-11(12(16)17)9-10-7-5-4-6-8-10/h4-18,21-23H,19-20,24-25H2,1-3H3,(H,37,41);4-8,11H,9H2,1-3H3,(H,15,18)(H,16,17)/t;11-/m.0/s1. The van der Waals surface area contributed by atoms with Crippen molar-refractivity contribution in [3.8, 4) is 0 Å². The Morgan fingerprint density at radius 2 is 1.00 bits per heavy atom. The van der Waals surface area contributed by atoms with Crippen LogP contribution in [0.5, 0.6) is 0 Å². The second kappa shape index (κ2) is 23.7. The van der Waals surface area contributed by atoms with Gasteiger partial charge in [-0.05, 0) is 88.4 Å². The molecule has 0 saturated carbocycles. The zero-order chi connectivity index (χ0) is 46.7. The Bertz CT molecular complexity index is 2240. The number of nitrogens with one attached hydrogen (secondary N) is 2. The van der Waals surface area contributed by atoms with Crippen molar-refractivity contribution >= 4 is 41.8 Å². The van der Waals surface area contributed by atoms with Gasteiger partial charge in [0.25, 0.3) is 0 Å². The van der Waals surface area contributed by atoms with Crippen LogP contribution < -0.4 is 10.6 Å². The number of aliphatic carboxylic acids is 1. The molecule has 1 atom stereocenters. The molecule has 14 nitrogen and oxygen atoms in total. The van der Waals surface area contributed by atoms with E-state index in [0.29, 0.717) is 6.42 Å². The normalized spacial score (nSPS) is 11.3. The summed E-state index contributed by atoms with van der Waals surface area (Å²) in [6.45, 7) is 10.3. The molecule has 336 valence electrons. The molecule has 0 spiro atoms. The van der Waals surface area contributed by atoms with Crippen LogP contribution in [0.4, 0.5) is 20.1 Å². The van der Waals surface area contributed by atoms with Crippen LogP contribution in [0.3, 0.4) is 0 Å². The first kappa shape index (κ1) is 49.2. The molecule has 0 radical (unpaired) electrons. The highest BCUT2D eigenvalue weighted by Crippen LogP contribution is 2.21. The third-order valence-corrected chi connectivity index (χ3v) is 8.68. The molecule has 5 rings (SSSR count). The van der Waals surface area contributed by atoms with E-state index in [9.17, 15) is 28.8 Å². The summed E-state index contributed by atoms with van der Waals surface area (Å²) < 4.78 is 21.5. The summed E-state index contributed by atoms with van der Waals surface area (Å²) in [4.78, 5) is 76.5. The molecular weight excluding hydrogens is 819 g/mol. The highest BCUT2D eigenvalue weighted by Gasteiger charge is 2.28. The zero-order valence-corrected chi connectivity index (χ0v) is 36.9. The van der Waals surface area contributed by atoms with Gasteiger partial charge in [-0.25, -0.2) is 33.7 Å². The van der Waals surface area contributed by atoms with Gasteiger partial charge in [-0.3, -0.25) is 0 Å². The Morgan fingerprint density at radius 3 is 1.42 bits per heavy atom. The van der Waals surface area contributed by atoms with Crippen molar-refractivity contribution in [2.45, 2.75) is 84.8 Å². The molecular formula is C50H55N3O11. The lowest BCUT2D eigenvalue weighted by Gasteiger charge is -2.26. The first-order chi connectivity index (χ1) is 30.3. The topological polar surface area (TPSA) is 187 Å². The molecule has 0 aromatic heterocycles.